The zero-order valence-electron chi connectivity index (χ0n) is 3.94. The maximum Gasteiger partial charge on any atom is 0.474 e. The number of hydrogen-bond acceptors (Lipinski definition) is 2. The first-order chi connectivity index (χ1) is 3.93. The number of hydrogen-bond donors (Lipinski definition) is 1. The summed E-state index contributed by atoms with van der Waals surface area (Å²) in [5, 5.41) is 2.63. The molecule has 0 amide bonds. The van der Waals surface area contributed by atoms with Crippen LogP contribution in [-0.2, 0) is 4.57 Å². The molecule has 1 aromatic heterocycles. The summed E-state index contributed by atoms with van der Waals surface area (Å²) in [4.78, 5) is 1.23. The number of nitrogens with zero attached hydrogens (tertiary/aromatic N) is 1. The van der Waals surface area contributed by atoms with E-state index in [0.717, 1.165) is 0 Å². The molecule has 1 aromatic rings. The van der Waals surface area contributed by atoms with Crippen molar-refractivity contribution in [3.05, 3.63) is 18.5 Å². The van der Waals surface area contributed by atoms with Crippen LogP contribution in [0.5, 0.6) is 0 Å². The zero-order valence-corrected chi connectivity index (χ0v) is 4.84. The lowest BCUT2D eigenvalue weighted by molar-refractivity contribution is -0.899. The molecule has 1 N–H and O–H groups in total. The third-order valence-electron chi connectivity index (χ3n) is 0.641. The van der Waals surface area contributed by atoms with Gasteiger partial charge in [0.25, 0.3) is 6.20 Å². The predicted octanol–water partition coefficient (Wildman–Crippen LogP) is -0.0625. The van der Waals surface area contributed by atoms with Gasteiger partial charge in [0.15, 0.2) is 0 Å². The van der Waals surface area contributed by atoms with Gasteiger partial charge in [-0.15, -0.1) is 9.72 Å². The second-order valence-electron chi connectivity index (χ2n) is 1.12. The van der Waals surface area contributed by atoms with E-state index in [4.69, 9.17) is 0 Å². The molecule has 0 fully saturated rings. The number of nitrogens with one attached hydrogen (secondary N) is 1. The third kappa shape index (κ3) is 1.04. The monoisotopic (exact) mass is 131 g/mol. The van der Waals surface area contributed by atoms with Crippen LogP contribution in [0.2, 0.25) is 0 Å². The Labute approximate surface area is 47.3 Å². The lowest BCUT2D eigenvalue weighted by Crippen LogP contribution is -2.38. The van der Waals surface area contributed by atoms with E-state index < -0.39 is 0 Å². The Hall–Kier alpha value is -0.890. The van der Waals surface area contributed by atoms with Crippen LogP contribution in [0.3, 0.4) is 0 Å². The molecule has 8 heavy (non-hydrogen) atoms. The molecule has 42 valence electrons. The van der Waals surface area contributed by atoms with E-state index in [9.17, 15) is 4.57 Å². The van der Waals surface area contributed by atoms with Gasteiger partial charge in [0.2, 0.25) is 0 Å². The standard InChI is InChI=1S/C3H3N2O2P/c6-8-7-5-3-1-2-4-5/h1-3H/p+1. The number of H-pyrrole nitrogens is 1. The maximum atomic E-state index is 9.71. The average molecular weight is 131 g/mol. The van der Waals surface area contributed by atoms with Crippen LogP contribution in [-0.4, -0.2) is 5.10 Å². The first-order valence-corrected chi connectivity index (χ1v) is 2.72. The lowest BCUT2D eigenvalue weighted by Gasteiger charge is -1.73. The first-order valence-electron chi connectivity index (χ1n) is 1.98. The summed E-state index contributed by atoms with van der Waals surface area (Å²) in [5.74, 6) is 0. The van der Waals surface area contributed by atoms with Gasteiger partial charge >= 0.3 is 8.69 Å². The summed E-state index contributed by atoms with van der Waals surface area (Å²) < 4.78 is 14.1. The van der Waals surface area contributed by atoms with Crippen molar-refractivity contribution in [3.8, 4) is 0 Å². The fraction of sp³-hybridized carbons (Fsp3) is 0. The van der Waals surface area contributed by atoms with Crippen molar-refractivity contribution in [1.29, 1.82) is 0 Å². The molecule has 0 spiro atoms. The molecule has 0 aliphatic heterocycles. The van der Waals surface area contributed by atoms with Crippen LogP contribution in [0, 0.1) is 0 Å². The Morgan fingerprint density at radius 1 is 1.75 bits per heavy atom. The van der Waals surface area contributed by atoms with Gasteiger partial charge in [0.05, 0.1) is 6.20 Å². The van der Waals surface area contributed by atoms with Crippen LogP contribution in [0.15, 0.2) is 18.5 Å². The summed E-state index contributed by atoms with van der Waals surface area (Å²) in [5.41, 5.74) is 0. The highest BCUT2D eigenvalue weighted by molar-refractivity contribution is 7.17. The van der Waals surface area contributed by atoms with E-state index in [2.05, 4.69) is 9.72 Å². The van der Waals surface area contributed by atoms with Gasteiger partial charge in [0.1, 0.15) is 4.85 Å². The molecule has 0 atom stereocenters. The summed E-state index contributed by atoms with van der Waals surface area (Å²) in [6.07, 6.45) is 3.26. The SMILES string of the molecule is O=PO[n+]1ccc[nH]1. The summed E-state index contributed by atoms with van der Waals surface area (Å²) in [6, 6.07) is 1.73. The normalized spacial score (nSPS) is 9.50. The Balaban J connectivity index is 2.62. The molecule has 0 bridgehead atoms. The van der Waals surface area contributed by atoms with Gasteiger partial charge in [-0.25, -0.2) is 4.57 Å². The Morgan fingerprint density at radius 3 is 3.12 bits per heavy atom. The lowest BCUT2D eigenvalue weighted by atomic mass is 10.8. The Kier molecular flexibility index (Phi) is 1.59. The van der Waals surface area contributed by atoms with Gasteiger partial charge in [-0.2, -0.15) is 0 Å². The minimum absolute atomic E-state index is 0.363. The van der Waals surface area contributed by atoms with Crippen molar-refractivity contribution in [2.75, 3.05) is 0 Å². The van der Waals surface area contributed by atoms with Gasteiger partial charge in [0, 0.05) is 6.07 Å². The van der Waals surface area contributed by atoms with E-state index in [1.807, 2.05) is 0 Å². The zero-order chi connectivity index (χ0) is 5.82. The Bertz CT molecular complexity index is 162. The van der Waals surface area contributed by atoms with Crippen LogP contribution in [0.25, 0.3) is 0 Å². The predicted molar refractivity (Wildman–Crippen MR) is 25.2 cm³/mol. The molecule has 0 radical (unpaired) electrons. The van der Waals surface area contributed by atoms with Crippen LogP contribution < -0.4 is 9.47 Å². The molecule has 0 saturated heterocycles. The highest BCUT2D eigenvalue weighted by Crippen LogP contribution is 1.78. The van der Waals surface area contributed by atoms with Gasteiger partial charge < -0.3 is 0 Å². The third-order valence-corrected chi connectivity index (χ3v) is 0.883. The maximum absolute atomic E-state index is 9.71. The fourth-order valence-electron chi connectivity index (χ4n) is 0.367. The van der Waals surface area contributed by atoms with E-state index in [1.165, 1.54) is 4.85 Å². The van der Waals surface area contributed by atoms with E-state index in [-0.39, 0.29) is 8.69 Å². The molecule has 0 aliphatic carbocycles. The summed E-state index contributed by atoms with van der Waals surface area (Å²) in [7, 11) is -0.363. The molecule has 0 aromatic carbocycles. The highest BCUT2D eigenvalue weighted by Gasteiger charge is 1.95. The molecular weight excluding hydrogens is 127 g/mol. The van der Waals surface area contributed by atoms with Gasteiger partial charge in [-0.05, 0) is 0 Å². The van der Waals surface area contributed by atoms with Crippen molar-refractivity contribution in [1.82, 2.24) is 5.10 Å². The molecule has 5 heteroatoms. The highest BCUT2D eigenvalue weighted by atomic mass is 31.1. The molecule has 0 saturated carbocycles. The number of aromatic amines is 1. The van der Waals surface area contributed by atoms with E-state index >= 15 is 0 Å². The molecule has 0 unspecified atom stereocenters. The van der Waals surface area contributed by atoms with Crippen molar-refractivity contribution in [2.24, 2.45) is 0 Å². The molecule has 4 nitrogen and oxygen atoms in total. The minimum atomic E-state index is -0.363. The fourth-order valence-corrected chi connectivity index (χ4v) is 0.541. The topological polar surface area (TPSA) is 46.0 Å². The summed E-state index contributed by atoms with van der Waals surface area (Å²) in [6.45, 7) is 0. The molecule has 1 rings (SSSR count). The van der Waals surface area contributed by atoms with Crippen molar-refractivity contribution < 1.29 is 14.0 Å². The van der Waals surface area contributed by atoms with E-state index in [0.29, 0.717) is 0 Å². The van der Waals surface area contributed by atoms with Crippen molar-refractivity contribution in [3.63, 3.8) is 0 Å². The largest absolute Gasteiger partial charge is 0.474 e. The van der Waals surface area contributed by atoms with Crippen LogP contribution in [0.1, 0.15) is 0 Å². The second-order valence-corrected chi connectivity index (χ2v) is 1.43. The van der Waals surface area contributed by atoms with Crippen LogP contribution >= 0.6 is 8.69 Å². The summed E-state index contributed by atoms with van der Waals surface area (Å²) >= 11 is 0. The van der Waals surface area contributed by atoms with Gasteiger partial charge in [-0.1, -0.05) is 0 Å². The quantitative estimate of drug-likeness (QED) is 0.451. The first kappa shape index (κ1) is 5.25. The number of rotatable bonds is 2. The average Bonchev–Trinajstić information content (AvgIpc) is 2.19. The molecule has 1 heterocycles. The molecular formula is C3H4N2O2P+. The smallest absolute Gasteiger partial charge is 0.218 e. The Morgan fingerprint density at radius 2 is 2.62 bits per heavy atom. The van der Waals surface area contributed by atoms with Crippen molar-refractivity contribution >= 4 is 8.69 Å². The van der Waals surface area contributed by atoms with Crippen LogP contribution in [0.4, 0.5) is 0 Å². The second kappa shape index (κ2) is 2.43. The van der Waals surface area contributed by atoms with Gasteiger partial charge in [-0.3, -0.25) is 0 Å². The van der Waals surface area contributed by atoms with Crippen molar-refractivity contribution in [2.45, 2.75) is 0 Å². The number of aromatic nitrogens is 2. The van der Waals surface area contributed by atoms with E-state index in [1.54, 1.807) is 18.5 Å². The minimum Gasteiger partial charge on any atom is -0.218 e. The molecule has 0 aliphatic rings.